The maximum absolute atomic E-state index is 5.77. The minimum Gasteiger partial charge on any atom is -0.496 e. The number of ether oxygens (including phenoxy) is 1. The predicted octanol–water partition coefficient (Wildman–Crippen LogP) is 3.13. The van der Waals surface area contributed by atoms with E-state index < -0.39 is 0 Å². The van der Waals surface area contributed by atoms with Crippen LogP contribution in [-0.2, 0) is 6.42 Å². The number of para-hydroxylation sites is 1. The van der Waals surface area contributed by atoms with E-state index in [4.69, 9.17) is 10.5 Å². The molecule has 0 saturated carbocycles. The van der Waals surface area contributed by atoms with Crippen LogP contribution in [0.4, 0.5) is 0 Å². The smallest absolute Gasteiger partial charge is 0.132 e. The summed E-state index contributed by atoms with van der Waals surface area (Å²) in [5.74, 6) is 0.869. The monoisotopic (exact) mass is 274 g/mol. The lowest BCUT2D eigenvalue weighted by atomic mass is 10.1. The van der Waals surface area contributed by atoms with Crippen molar-refractivity contribution >= 4 is 11.8 Å². The fourth-order valence-corrected chi connectivity index (χ4v) is 2.64. The van der Waals surface area contributed by atoms with Gasteiger partial charge in [0, 0.05) is 12.2 Å². The Morgan fingerprint density at radius 2 is 2.05 bits per heavy atom. The topological polar surface area (TPSA) is 48.1 Å². The first-order valence-electron chi connectivity index (χ1n) is 6.20. The summed E-state index contributed by atoms with van der Waals surface area (Å²) in [5, 5.41) is 0.956. The zero-order valence-electron chi connectivity index (χ0n) is 11.2. The predicted molar refractivity (Wildman–Crippen MR) is 78.7 cm³/mol. The molecule has 3 nitrogen and oxygen atoms in total. The number of pyridine rings is 1. The number of hydrogen-bond donors (Lipinski definition) is 1. The van der Waals surface area contributed by atoms with Crippen LogP contribution in [0.15, 0.2) is 52.5 Å². The summed E-state index contributed by atoms with van der Waals surface area (Å²) in [5.41, 5.74) is 6.94. The summed E-state index contributed by atoms with van der Waals surface area (Å²) in [6, 6.07) is 12.2. The van der Waals surface area contributed by atoms with Gasteiger partial charge in [-0.05, 0) is 37.1 Å². The van der Waals surface area contributed by atoms with Gasteiger partial charge in [-0.2, -0.15) is 0 Å². The first-order chi connectivity index (χ1) is 9.19. The molecule has 19 heavy (non-hydrogen) atoms. The lowest BCUT2D eigenvalue weighted by Crippen LogP contribution is -2.17. The van der Waals surface area contributed by atoms with Crippen LogP contribution in [0, 0.1) is 0 Å². The van der Waals surface area contributed by atoms with Crippen molar-refractivity contribution in [3.05, 3.63) is 48.2 Å². The van der Waals surface area contributed by atoms with Gasteiger partial charge in [-0.15, -0.1) is 0 Å². The third-order valence-corrected chi connectivity index (χ3v) is 3.65. The minimum atomic E-state index is 0.162. The number of methoxy groups -OCH3 is 1. The molecule has 1 atom stereocenters. The van der Waals surface area contributed by atoms with E-state index in [1.165, 1.54) is 5.56 Å². The first-order valence-corrected chi connectivity index (χ1v) is 7.02. The molecular weight excluding hydrogens is 256 g/mol. The molecular formula is C15H18N2OS. The zero-order valence-corrected chi connectivity index (χ0v) is 12.0. The Bertz CT molecular complexity index is 526. The summed E-state index contributed by atoms with van der Waals surface area (Å²) < 4.78 is 5.33. The number of rotatable bonds is 5. The number of hydrogen-bond acceptors (Lipinski definition) is 4. The SMILES string of the molecule is COc1ccccc1Sc1ccc(CC(C)N)cn1. The highest BCUT2D eigenvalue weighted by Crippen LogP contribution is 2.33. The minimum absolute atomic E-state index is 0.162. The number of benzene rings is 1. The van der Waals surface area contributed by atoms with Crippen LogP contribution in [0.5, 0.6) is 5.75 Å². The Labute approximate surface area is 118 Å². The van der Waals surface area contributed by atoms with E-state index >= 15 is 0 Å². The van der Waals surface area contributed by atoms with Gasteiger partial charge in [-0.1, -0.05) is 30.0 Å². The van der Waals surface area contributed by atoms with Crippen LogP contribution in [0.1, 0.15) is 12.5 Å². The van der Waals surface area contributed by atoms with Crippen molar-refractivity contribution in [3.8, 4) is 5.75 Å². The van der Waals surface area contributed by atoms with E-state index in [0.717, 1.165) is 22.1 Å². The van der Waals surface area contributed by atoms with E-state index in [9.17, 15) is 0 Å². The number of nitrogens with zero attached hydrogens (tertiary/aromatic N) is 1. The summed E-state index contributed by atoms with van der Waals surface area (Å²) in [4.78, 5) is 5.52. The van der Waals surface area contributed by atoms with E-state index in [0.29, 0.717) is 0 Å². The van der Waals surface area contributed by atoms with Crippen LogP contribution in [0.3, 0.4) is 0 Å². The molecule has 0 spiro atoms. The largest absolute Gasteiger partial charge is 0.496 e. The second kappa shape index (κ2) is 6.59. The Balaban J connectivity index is 2.11. The average molecular weight is 274 g/mol. The molecule has 1 aromatic heterocycles. The molecule has 100 valence electrons. The van der Waals surface area contributed by atoms with Crippen LogP contribution in [-0.4, -0.2) is 18.1 Å². The Kier molecular flexibility index (Phi) is 4.82. The quantitative estimate of drug-likeness (QED) is 0.910. The van der Waals surface area contributed by atoms with Gasteiger partial charge in [0.2, 0.25) is 0 Å². The van der Waals surface area contributed by atoms with Crippen molar-refractivity contribution in [2.75, 3.05) is 7.11 Å². The molecule has 4 heteroatoms. The Morgan fingerprint density at radius 3 is 2.68 bits per heavy atom. The van der Waals surface area contributed by atoms with Crippen molar-refractivity contribution < 1.29 is 4.74 Å². The Hall–Kier alpha value is -1.52. The van der Waals surface area contributed by atoms with Gasteiger partial charge in [-0.3, -0.25) is 0 Å². The highest BCUT2D eigenvalue weighted by molar-refractivity contribution is 7.99. The molecule has 0 bridgehead atoms. The summed E-state index contributed by atoms with van der Waals surface area (Å²) in [6.45, 7) is 2.00. The van der Waals surface area contributed by atoms with E-state index in [-0.39, 0.29) is 6.04 Å². The summed E-state index contributed by atoms with van der Waals surface area (Å²) in [6.07, 6.45) is 2.74. The van der Waals surface area contributed by atoms with Crippen molar-refractivity contribution in [1.29, 1.82) is 0 Å². The highest BCUT2D eigenvalue weighted by atomic mass is 32.2. The molecule has 2 N–H and O–H groups in total. The second-order valence-electron chi connectivity index (χ2n) is 4.44. The molecule has 0 aliphatic rings. The second-order valence-corrected chi connectivity index (χ2v) is 5.50. The van der Waals surface area contributed by atoms with Crippen molar-refractivity contribution in [2.45, 2.75) is 29.3 Å². The highest BCUT2D eigenvalue weighted by Gasteiger charge is 2.05. The molecule has 1 aromatic carbocycles. The lowest BCUT2D eigenvalue weighted by Gasteiger charge is -2.08. The van der Waals surface area contributed by atoms with Gasteiger partial charge in [-0.25, -0.2) is 4.98 Å². The molecule has 2 rings (SSSR count). The molecule has 1 unspecified atom stereocenters. The molecule has 0 amide bonds. The van der Waals surface area contributed by atoms with Crippen molar-refractivity contribution in [2.24, 2.45) is 5.73 Å². The van der Waals surface area contributed by atoms with E-state index in [2.05, 4.69) is 11.1 Å². The van der Waals surface area contributed by atoms with Gasteiger partial charge >= 0.3 is 0 Å². The third-order valence-electron chi connectivity index (χ3n) is 2.64. The van der Waals surface area contributed by atoms with Gasteiger partial charge in [0.1, 0.15) is 10.8 Å². The average Bonchev–Trinajstić information content (AvgIpc) is 2.41. The van der Waals surface area contributed by atoms with Gasteiger partial charge in [0.05, 0.1) is 12.0 Å². The maximum Gasteiger partial charge on any atom is 0.132 e. The molecule has 0 fully saturated rings. The summed E-state index contributed by atoms with van der Waals surface area (Å²) in [7, 11) is 1.68. The van der Waals surface area contributed by atoms with Crippen LogP contribution in [0.2, 0.25) is 0 Å². The maximum atomic E-state index is 5.77. The fourth-order valence-electron chi connectivity index (χ4n) is 1.78. The number of aromatic nitrogens is 1. The van der Waals surface area contributed by atoms with Crippen molar-refractivity contribution in [3.63, 3.8) is 0 Å². The van der Waals surface area contributed by atoms with Gasteiger partial charge in [0.25, 0.3) is 0 Å². The zero-order chi connectivity index (χ0) is 13.7. The molecule has 0 radical (unpaired) electrons. The van der Waals surface area contributed by atoms with E-state index in [1.807, 2.05) is 43.5 Å². The van der Waals surface area contributed by atoms with Crippen LogP contribution >= 0.6 is 11.8 Å². The number of nitrogens with two attached hydrogens (primary N) is 1. The summed E-state index contributed by atoms with van der Waals surface area (Å²) >= 11 is 1.60. The molecule has 2 aromatic rings. The first kappa shape index (κ1) is 13.9. The van der Waals surface area contributed by atoms with Gasteiger partial charge < -0.3 is 10.5 Å². The Morgan fingerprint density at radius 1 is 1.26 bits per heavy atom. The normalized spacial score (nSPS) is 12.2. The molecule has 0 aliphatic heterocycles. The van der Waals surface area contributed by atoms with Crippen LogP contribution < -0.4 is 10.5 Å². The van der Waals surface area contributed by atoms with Crippen LogP contribution in [0.25, 0.3) is 0 Å². The van der Waals surface area contributed by atoms with Gasteiger partial charge in [0.15, 0.2) is 0 Å². The third kappa shape index (κ3) is 3.98. The van der Waals surface area contributed by atoms with Crippen molar-refractivity contribution in [1.82, 2.24) is 4.98 Å². The molecule has 0 aliphatic carbocycles. The van der Waals surface area contributed by atoms with E-state index in [1.54, 1.807) is 18.9 Å². The molecule has 1 heterocycles. The lowest BCUT2D eigenvalue weighted by molar-refractivity contribution is 0.405. The standard InChI is InChI=1S/C15H18N2OS/c1-11(16)9-12-7-8-15(17-10-12)19-14-6-4-3-5-13(14)18-2/h3-8,10-11H,9,16H2,1-2H3. The molecule has 0 saturated heterocycles. The fraction of sp³-hybridized carbons (Fsp3) is 0.267.